The van der Waals surface area contributed by atoms with Crippen molar-refractivity contribution in [3.63, 3.8) is 0 Å². The lowest BCUT2D eigenvalue weighted by molar-refractivity contribution is 0.414. The third-order valence-corrected chi connectivity index (χ3v) is 5.27. The van der Waals surface area contributed by atoms with E-state index in [1.54, 1.807) is 7.11 Å². The predicted molar refractivity (Wildman–Crippen MR) is 74.8 cm³/mol. The number of aryl methyl sites for hydroxylation is 1. The molecule has 94 valence electrons. The number of hydrogen-bond acceptors (Lipinski definition) is 3. The van der Waals surface area contributed by atoms with Gasteiger partial charge < -0.3 is 10.5 Å². The Morgan fingerprint density at radius 3 is 2.65 bits per heavy atom. The molecule has 1 saturated heterocycles. The van der Waals surface area contributed by atoms with E-state index in [1.807, 2.05) is 12.1 Å². The molecule has 1 aromatic carbocycles. The largest absolute Gasteiger partial charge is 0.497 e. The Bertz CT molecular complexity index is 344. The van der Waals surface area contributed by atoms with Crippen molar-refractivity contribution in [2.45, 2.75) is 30.4 Å². The first-order chi connectivity index (χ1) is 8.28. The lowest BCUT2D eigenvalue weighted by atomic mass is 9.95. The Kier molecular flexibility index (Phi) is 4.35. The summed E-state index contributed by atoms with van der Waals surface area (Å²) in [5.41, 5.74) is 7.32. The monoisotopic (exact) mass is 251 g/mol. The van der Waals surface area contributed by atoms with Crippen LogP contribution in [0.1, 0.15) is 24.8 Å². The molecule has 0 aromatic heterocycles. The van der Waals surface area contributed by atoms with E-state index >= 15 is 0 Å². The molecule has 1 heterocycles. The predicted octanol–water partition coefficient (Wildman–Crippen LogP) is 2.85. The first kappa shape index (κ1) is 12.8. The van der Waals surface area contributed by atoms with Crippen LogP contribution in [-0.4, -0.2) is 24.2 Å². The van der Waals surface area contributed by atoms with Crippen molar-refractivity contribution >= 4 is 11.8 Å². The second kappa shape index (κ2) is 5.78. The van der Waals surface area contributed by atoms with Gasteiger partial charge >= 0.3 is 0 Å². The van der Waals surface area contributed by atoms with Crippen LogP contribution in [0.2, 0.25) is 0 Å². The number of methoxy groups -OCH3 is 1. The maximum atomic E-state index is 5.94. The van der Waals surface area contributed by atoms with Gasteiger partial charge in [-0.05, 0) is 49.1 Å². The molecule has 1 aliphatic rings. The summed E-state index contributed by atoms with van der Waals surface area (Å²) < 4.78 is 5.51. The molecule has 0 saturated carbocycles. The maximum absolute atomic E-state index is 5.94. The average Bonchev–Trinajstić information content (AvgIpc) is 2.86. The normalized spacial score (nSPS) is 23.9. The van der Waals surface area contributed by atoms with Gasteiger partial charge in [0.15, 0.2) is 0 Å². The van der Waals surface area contributed by atoms with Crippen molar-refractivity contribution in [2.75, 3.05) is 19.4 Å². The molecular weight excluding hydrogens is 230 g/mol. The molecular formula is C14H21NOS. The van der Waals surface area contributed by atoms with Crippen molar-refractivity contribution in [1.82, 2.24) is 0 Å². The second-order valence-electron chi connectivity index (χ2n) is 4.69. The van der Waals surface area contributed by atoms with Crippen LogP contribution >= 0.6 is 11.8 Å². The lowest BCUT2D eigenvalue weighted by Crippen LogP contribution is -2.32. The van der Waals surface area contributed by atoms with Crippen molar-refractivity contribution in [2.24, 2.45) is 5.73 Å². The highest BCUT2D eigenvalue weighted by Gasteiger charge is 2.32. The summed E-state index contributed by atoms with van der Waals surface area (Å²) in [7, 11) is 1.70. The van der Waals surface area contributed by atoms with E-state index < -0.39 is 0 Å². The van der Waals surface area contributed by atoms with Gasteiger partial charge in [-0.25, -0.2) is 0 Å². The van der Waals surface area contributed by atoms with Crippen LogP contribution in [0, 0.1) is 0 Å². The number of ether oxygens (including phenoxy) is 1. The summed E-state index contributed by atoms with van der Waals surface area (Å²) in [6.45, 7) is 0.813. The van der Waals surface area contributed by atoms with Crippen LogP contribution in [0.3, 0.4) is 0 Å². The molecule has 0 bridgehead atoms. The third kappa shape index (κ3) is 3.17. The zero-order valence-electron chi connectivity index (χ0n) is 10.4. The SMILES string of the molecule is COc1ccc(CCC2(CN)CCCS2)cc1. The Balaban J connectivity index is 1.92. The molecule has 2 nitrogen and oxygen atoms in total. The molecule has 1 aliphatic heterocycles. The minimum Gasteiger partial charge on any atom is -0.497 e. The highest BCUT2D eigenvalue weighted by Crippen LogP contribution is 2.40. The first-order valence-electron chi connectivity index (χ1n) is 6.25. The summed E-state index contributed by atoms with van der Waals surface area (Å²) in [6.07, 6.45) is 4.92. The standard InChI is InChI=1S/C14H21NOS/c1-16-13-5-3-12(4-6-13)7-9-14(11-15)8-2-10-17-14/h3-6H,2,7-11,15H2,1H3. The fourth-order valence-corrected chi connectivity index (χ4v) is 3.75. The summed E-state index contributed by atoms with van der Waals surface area (Å²) in [5, 5.41) is 0. The smallest absolute Gasteiger partial charge is 0.118 e. The van der Waals surface area contributed by atoms with Crippen LogP contribution < -0.4 is 10.5 Å². The highest BCUT2D eigenvalue weighted by molar-refractivity contribution is 8.00. The number of rotatable bonds is 5. The molecule has 17 heavy (non-hydrogen) atoms. The molecule has 0 spiro atoms. The lowest BCUT2D eigenvalue weighted by Gasteiger charge is -2.26. The number of benzene rings is 1. The minimum atomic E-state index is 0.347. The van der Waals surface area contributed by atoms with Gasteiger partial charge in [0.2, 0.25) is 0 Å². The fraction of sp³-hybridized carbons (Fsp3) is 0.571. The van der Waals surface area contributed by atoms with Crippen LogP contribution in [0.5, 0.6) is 5.75 Å². The third-order valence-electron chi connectivity index (χ3n) is 3.59. The maximum Gasteiger partial charge on any atom is 0.118 e. The Morgan fingerprint density at radius 1 is 1.35 bits per heavy atom. The molecule has 2 rings (SSSR count). The Morgan fingerprint density at radius 2 is 2.12 bits per heavy atom. The van der Waals surface area contributed by atoms with Gasteiger partial charge in [-0.2, -0.15) is 11.8 Å². The van der Waals surface area contributed by atoms with Crippen LogP contribution in [-0.2, 0) is 6.42 Å². The summed E-state index contributed by atoms with van der Waals surface area (Å²) >= 11 is 2.07. The van der Waals surface area contributed by atoms with Gasteiger partial charge in [0.25, 0.3) is 0 Å². The van der Waals surface area contributed by atoms with Crippen LogP contribution in [0.4, 0.5) is 0 Å². The topological polar surface area (TPSA) is 35.2 Å². The average molecular weight is 251 g/mol. The van der Waals surface area contributed by atoms with E-state index in [1.165, 1.54) is 30.6 Å². The van der Waals surface area contributed by atoms with Crippen molar-refractivity contribution < 1.29 is 4.74 Å². The highest BCUT2D eigenvalue weighted by atomic mass is 32.2. The summed E-state index contributed by atoms with van der Waals surface area (Å²) in [4.78, 5) is 0. The zero-order chi connectivity index (χ0) is 12.1. The minimum absolute atomic E-state index is 0.347. The van der Waals surface area contributed by atoms with E-state index in [9.17, 15) is 0 Å². The Labute approximate surface area is 108 Å². The number of hydrogen-bond donors (Lipinski definition) is 1. The van der Waals surface area contributed by atoms with Crippen molar-refractivity contribution in [3.05, 3.63) is 29.8 Å². The van der Waals surface area contributed by atoms with Gasteiger partial charge in [0, 0.05) is 11.3 Å². The molecule has 1 aromatic rings. The van der Waals surface area contributed by atoms with Gasteiger partial charge in [-0.15, -0.1) is 0 Å². The summed E-state index contributed by atoms with van der Waals surface area (Å²) in [6, 6.07) is 8.38. The van der Waals surface area contributed by atoms with E-state index in [0.717, 1.165) is 18.7 Å². The van der Waals surface area contributed by atoms with Crippen LogP contribution in [0.25, 0.3) is 0 Å². The van der Waals surface area contributed by atoms with E-state index in [-0.39, 0.29) is 0 Å². The van der Waals surface area contributed by atoms with Gasteiger partial charge in [0.1, 0.15) is 5.75 Å². The van der Waals surface area contributed by atoms with Crippen LogP contribution in [0.15, 0.2) is 24.3 Å². The molecule has 1 fully saturated rings. The Hall–Kier alpha value is -0.670. The molecule has 0 radical (unpaired) electrons. The molecule has 2 N–H and O–H groups in total. The van der Waals surface area contributed by atoms with E-state index in [2.05, 4.69) is 23.9 Å². The quantitative estimate of drug-likeness (QED) is 0.874. The first-order valence-corrected chi connectivity index (χ1v) is 7.23. The molecule has 3 heteroatoms. The second-order valence-corrected chi connectivity index (χ2v) is 6.25. The zero-order valence-corrected chi connectivity index (χ0v) is 11.3. The molecule has 0 aliphatic carbocycles. The van der Waals surface area contributed by atoms with Gasteiger partial charge in [-0.1, -0.05) is 12.1 Å². The molecule has 1 atom stereocenters. The number of thioether (sulfide) groups is 1. The molecule has 0 amide bonds. The van der Waals surface area contributed by atoms with Crippen molar-refractivity contribution in [1.29, 1.82) is 0 Å². The fourth-order valence-electron chi connectivity index (χ4n) is 2.38. The van der Waals surface area contributed by atoms with E-state index in [0.29, 0.717) is 4.75 Å². The summed E-state index contributed by atoms with van der Waals surface area (Å²) in [5.74, 6) is 2.21. The molecule has 1 unspecified atom stereocenters. The van der Waals surface area contributed by atoms with Gasteiger partial charge in [-0.3, -0.25) is 0 Å². The van der Waals surface area contributed by atoms with Gasteiger partial charge in [0.05, 0.1) is 7.11 Å². The number of nitrogens with two attached hydrogens (primary N) is 1. The van der Waals surface area contributed by atoms with Crippen molar-refractivity contribution in [3.8, 4) is 5.75 Å². The van der Waals surface area contributed by atoms with E-state index in [4.69, 9.17) is 10.5 Å².